The van der Waals surface area contributed by atoms with Crippen LogP contribution >= 0.6 is 11.8 Å². The number of thioether (sulfide) groups is 1. The molecule has 0 aromatic heterocycles. The number of amides is 3. The summed E-state index contributed by atoms with van der Waals surface area (Å²) in [5.41, 5.74) is 7.55. The Balaban J connectivity index is 1.86. The molecule has 1 unspecified atom stereocenters. The molecule has 0 saturated heterocycles. The largest absolute Gasteiger partial charge is 0.453 e. The van der Waals surface area contributed by atoms with Gasteiger partial charge in [-0.2, -0.15) is 0 Å². The van der Waals surface area contributed by atoms with Crippen LogP contribution in [0.5, 0.6) is 0 Å². The second kappa shape index (κ2) is 12.5. The van der Waals surface area contributed by atoms with E-state index in [0.29, 0.717) is 36.3 Å². The topological polar surface area (TPSA) is 123 Å². The number of carbonyl (C=O) groups is 3. The van der Waals surface area contributed by atoms with E-state index in [1.807, 2.05) is 24.5 Å². The van der Waals surface area contributed by atoms with Crippen molar-refractivity contribution in [2.45, 2.75) is 36.6 Å². The van der Waals surface area contributed by atoms with E-state index in [2.05, 4.69) is 20.7 Å². The fourth-order valence-electron chi connectivity index (χ4n) is 2.86. The van der Waals surface area contributed by atoms with Crippen LogP contribution in [0.1, 0.15) is 25.7 Å². The highest BCUT2D eigenvalue weighted by Gasteiger charge is 2.21. The smallest absolute Gasteiger partial charge is 0.407 e. The number of nitrogens with one attached hydrogen (secondary N) is 3. The molecule has 0 bridgehead atoms. The Morgan fingerprint density at radius 3 is 2.55 bits per heavy atom. The van der Waals surface area contributed by atoms with Crippen molar-refractivity contribution in [2.24, 2.45) is 0 Å². The minimum absolute atomic E-state index is 0.159. The van der Waals surface area contributed by atoms with Crippen LogP contribution in [-0.2, 0) is 14.3 Å². The molecule has 166 valence electrons. The molecule has 0 aliphatic heterocycles. The number of benzene rings is 2. The molecule has 0 radical (unpaired) electrons. The van der Waals surface area contributed by atoms with Crippen molar-refractivity contribution < 1.29 is 19.1 Å². The SMILES string of the molecule is COC(=O)NC(CCCCC(=O)Nc1ccccc1N)C(=O)Nc1cccc(SC)c1. The lowest BCUT2D eigenvalue weighted by atomic mass is 10.1. The number of hydrogen-bond donors (Lipinski definition) is 4. The van der Waals surface area contributed by atoms with Crippen molar-refractivity contribution in [3.05, 3.63) is 48.5 Å². The molecule has 2 rings (SSSR count). The van der Waals surface area contributed by atoms with Gasteiger partial charge in [-0.3, -0.25) is 9.59 Å². The Labute approximate surface area is 186 Å². The molecule has 0 spiro atoms. The monoisotopic (exact) mass is 444 g/mol. The summed E-state index contributed by atoms with van der Waals surface area (Å²) in [5.74, 6) is -0.501. The van der Waals surface area contributed by atoms with Gasteiger partial charge in [0.05, 0.1) is 18.5 Å². The molecule has 1 atom stereocenters. The summed E-state index contributed by atoms with van der Waals surface area (Å²) < 4.78 is 4.63. The van der Waals surface area contributed by atoms with E-state index in [1.165, 1.54) is 7.11 Å². The van der Waals surface area contributed by atoms with Crippen LogP contribution in [0.15, 0.2) is 53.4 Å². The predicted octanol–water partition coefficient (Wildman–Crippen LogP) is 3.85. The third-order valence-corrected chi connectivity index (χ3v) is 5.24. The fourth-order valence-corrected chi connectivity index (χ4v) is 3.32. The summed E-state index contributed by atoms with van der Waals surface area (Å²) in [6.07, 6.45) is 3.01. The molecular weight excluding hydrogens is 416 g/mol. The Morgan fingerprint density at radius 2 is 1.84 bits per heavy atom. The molecular formula is C22H28N4O4S. The van der Waals surface area contributed by atoms with Gasteiger partial charge in [-0.1, -0.05) is 24.6 Å². The number of nitrogens with two attached hydrogens (primary N) is 1. The first-order valence-electron chi connectivity index (χ1n) is 9.86. The van der Waals surface area contributed by atoms with Crippen LogP contribution in [0.4, 0.5) is 21.9 Å². The molecule has 2 aromatic carbocycles. The number of alkyl carbamates (subject to hydrolysis) is 1. The van der Waals surface area contributed by atoms with Gasteiger partial charge < -0.3 is 26.4 Å². The summed E-state index contributed by atoms with van der Waals surface area (Å²) >= 11 is 1.57. The Morgan fingerprint density at radius 1 is 1.06 bits per heavy atom. The zero-order valence-corrected chi connectivity index (χ0v) is 18.5. The molecule has 0 aliphatic rings. The van der Waals surface area contributed by atoms with Crippen LogP contribution in [0.25, 0.3) is 0 Å². The van der Waals surface area contributed by atoms with Crippen LogP contribution in [-0.4, -0.2) is 37.3 Å². The van der Waals surface area contributed by atoms with Crippen molar-refractivity contribution in [2.75, 3.05) is 29.7 Å². The van der Waals surface area contributed by atoms with Crippen LogP contribution < -0.4 is 21.7 Å². The molecule has 5 N–H and O–H groups in total. The van der Waals surface area contributed by atoms with Crippen molar-refractivity contribution in [1.82, 2.24) is 5.32 Å². The summed E-state index contributed by atoms with van der Waals surface area (Å²) in [6, 6.07) is 13.7. The predicted molar refractivity (Wildman–Crippen MR) is 124 cm³/mol. The summed E-state index contributed by atoms with van der Waals surface area (Å²) in [4.78, 5) is 37.5. The van der Waals surface area contributed by atoms with Crippen LogP contribution in [0.3, 0.4) is 0 Å². The highest BCUT2D eigenvalue weighted by atomic mass is 32.2. The van der Waals surface area contributed by atoms with E-state index in [-0.39, 0.29) is 18.2 Å². The Kier molecular flexibility index (Phi) is 9.70. The van der Waals surface area contributed by atoms with Gasteiger partial charge in [0.25, 0.3) is 0 Å². The van der Waals surface area contributed by atoms with Gasteiger partial charge in [-0.05, 0) is 49.4 Å². The maximum atomic E-state index is 12.7. The normalized spacial score (nSPS) is 11.3. The van der Waals surface area contributed by atoms with Gasteiger partial charge in [0.2, 0.25) is 11.8 Å². The maximum absolute atomic E-state index is 12.7. The molecule has 0 aliphatic carbocycles. The Hall–Kier alpha value is -3.20. The molecule has 0 heterocycles. The number of hydrogen-bond acceptors (Lipinski definition) is 6. The van der Waals surface area contributed by atoms with Gasteiger partial charge in [0.15, 0.2) is 0 Å². The third kappa shape index (κ3) is 8.21. The van der Waals surface area contributed by atoms with E-state index in [9.17, 15) is 14.4 Å². The van der Waals surface area contributed by atoms with Crippen LogP contribution in [0.2, 0.25) is 0 Å². The number of ether oxygens (including phenoxy) is 1. The summed E-state index contributed by atoms with van der Waals surface area (Å²) in [7, 11) is 1.24. The molecule has 9 heteroatoms. The number of methoxy groups -OCH3 is 1. The average molecular weight is 445 g/mol. The molecule has 8 nitrogen and oxygen atoms in total. The van der Waals surface area contributed by atoms with E-state index in [0.717, 1.165) is 4.90 Å². The number of rotatable bonds is 10. The van der Waals surface area contributed by atoms with Crippen LogP contribution in [0, 0.1) is 0 Å². The quantitative estimate of drug-likeness (QED) is 0.251. The first-order chi connectivity index (χ1) is 14.9. The molecule has 31 heavy (non-hydrogen) atoms. The lowest BCUT2D eigenvalue weighted by molar-refractivity contribution is -0.118. The number of nitrogen functional groups attached to an aromatic ring is 1. The molecule has 2 aromatic rings. The standard InChI is InChI=1S/C22H28N4O4S/c1-30-22(29)26-19(21(28)24-15-8-7-9-16(14-15)31-2)12-5-6-13-20(27)25-18-11-4-3-10-17(18)23/h3-4,7-11,14,19H,5-6,12-13,23H2,1-2H3,(H,24,28)(H,25,27)(H,26,29). The van der Waals surface area contributed by atoms with Crippen molar-refractivity contribution in [3.8, 4) is 0 Å². The second-order valence-corrected chi connectivity index (χ2v) is 7.67. The highest BCUT2D eigenvalue weighted by molar-refractivity contribution is 7.98. The van der Waals surface area contributed by atoms with Gasteiger partial charge in [-0.25, -0.2) is 4.79 Å². The van der Waals surface area contributed by atoms with Crippen molar-refractivity contribution >= 4 is 46.7 Å². The minimum Gasteiger partial charge on any atom is -0.453 e. The Bertz CT molecular complexity index is 907. The van der Waals surface area contributed by atoms with E-state index in [4.69, 9.17) is 5.73 Å². The van der Waals surface area contributed by atoms with E-state index >= 15 is 0 Å². The molecule has 0 saturated carbocycles. The zero-order valence-electron chi connectivity index (χ0n) is 17.6. The minimum atomic E-state index is -0.779. The first-order valence-corrected chi connectivity index (χ1v) is 11.1. The number of para-hydroxylation sites is 2. The van der Waals surface area contributed by atoms with Gasteiger partial charge in [0.1, 0.15) is 6.04 Å². The zero-order chi connectivity index (χ0) is 22.6. The maximum Gasteiger partial charge on any atom is 0.407 e. The molecule has 0 fully saturated rings. The lowest BCUT2D eigenvalue weighted by Gasteiger charge is -2.18. The van der Waals surface area contributed by atoms with Gasteiger partial charge in [-0.15, -0.1) is 11.8 Å². The highest BCUT2D eigenvalue weighted by Crippen LogP contribution is 2.20. The van der Waals surface area contributed by atoms with Crippen molar-refractivity contribution in [3.63, 3.8) is 0 Å². The summed E-state index contributed by atoms with van der Waals surface area (Å²) in [5, 5.41) is 8.15. The number of carbonyl (C=O) groups excluding carboxylic acids is 3. The van der Waals surface area contributed by atoms with Gasteiger partial charge >= 0.3 is 6.09 Å². The summed E-state index contributed by atoms with van der Waals surface area (Å²) in [6.45, 7) is 0. The fraction of sp³-hybridized carbons (Fsp3) is 0.318. The number of unbranched alkanes of at least 4 members (excludes halogenated alkanes) is 1. The van der Waals surface area contributed by atoms with E-state index < -0.39 is 12.1 Å². The average Bonchev–Trinajstić information content (AvgIpc) is 2.77. The lowest BCUT2D eigenvalue weighted by Crippen LogP contribution is -2.43. The molecule has 3 amide bonds. The first kappa shape index (κ1) is 24.1. The van der Waals surface area contributed by atoms with E-state index in [1.54, 1.807) is 42.1 Å². The van der Waals surface area contributed by atoms with Gasteiger partial charge in [0, 0.05) is 17.0 Å². The second-order valence-electron chi connectivity index (χ2n) is 6.79. The third-order valence-electron chi connectivity index (χ3n) is 4.51. The number of anilines is 3. The van der Waals surface area contributed by atoms with Crippen molar-refractivity contribution in [1.29, 1.82) is 0 Å².